The Hall–Kier alpha value is -3.23. The van der Waals surface area contributed by atoms with Gasteiger partial charge < -0.3 is 10.1 Å². The molecule has 2 heterocycles. The molecule has 0 spiro atoms. The molecule has 0 unspecified atom stereocenters. The molecule has 1 aromatic heterocycles. The van der Waals surface area contributed by atoms with E-state index in [0.29, 0.717) is 23.9 Å². The Morgan fingerprint density at radius 2 is 1.86 bits per heavy atom. The fourth-order valence-corrected chi connectivity index (χ4v) is 3.02. The van der Waals surface area contributed by atoms with Crippen LogP contribution in [0.2, 0.25) is 0 Å². The van der Waals surface area contributed by atoms with E-state index in [4.69, 9.17) is 4.74 Å². The van der Waals surface area contributed by atoms with Crippen molar-refractivity contribution in [3.05, 3.63) is 40.3 Å². The summed E-state index contributed by atoms with van der Waals surface area (Å²) in [7, 11) is 0. The number of esters is 1. The number of amides is 3. The molecule has 3 rings (SSSR count). The molecule has 9 nitrogen and oxygen atoms in total. The summed E-state index contributed by atoms with van der Waals surface area (Å²) in [6.07, 6.45) is -1.16. The van der Waals surface area contributed by atoms with E-state index in [9.17, 15) is 19.2 Å². The van der Waals surface area contributed by atoms with E-state index in [1.54, 1.807) is 24.3 Å². The van der Waals surface area contributed by atoms with Crippen LogP contribution in [0.3, 0.4) is 0 Å². The average molecular weight is 386 g/mol. The van der Waals surface area contributed by atoms with E-state index in [2.05, 4.69) is 10.4 Å². The number of nitrogens with zero attached hydrogens (tertiary/aromatic N) is 3. The maximum Gasteiger partial charge on any atom is 0.360 e. The van der Waals surface area contributed by atoms with Crippen molar-refractivity contribution in [3.8, 4) is 0 Å². The molecule has 0 bridgehead atoms. The summed E-state index contributed by atoms with van der Waals surface area (Å²) in [5.74, 6) is -1.29. The lowest BCUT2D eigenvalue weighted by molar-refractivity contribution is -0.136. The summed E-state index contributed by atoms with van der Waals surface area (Å²) in [6.45, 7) is 6.19. The van der Waals surface area contributed by atoms with E-state index in [0.717, 1.165) is 4.90 Å². The fraction of sp³-hybridized carbons (Fsp3) is 0.421. The van der Waals surface area contributed by atoms with Crippen LogP contribution in [-0.2, 0) is 16.1 Å². The monoisotopic (exact) mass is 386 g/mol. The van der Waals surface area contributed by atoms with Gasteiger partial charge in [-0.3, -0.25) is 14.5 Å². The van der Waals surface area contributed by atoms with Crippen LogP contribution in [0.15, 0.2) is 29.1 Å². The predicted molar refractivity (Wildman–Crippen MR) is 101 cm³/mol. The first kappa shape index (κ1) is 19.5. The second-order valence-corrected chi connectivity index (χ2v) is 7.04. The lowest BCUT2D eigenvalue weighted by Crippen LogP contribution is -2.42. The second kappa shape index (κ2) is 7.79. The van der Waals surface area contributed by atoms with Crippen molar-refractivity contribution in [2.45, 2.75) is 33.4 Å². The molecule has 0 saturated carbocycles. The summed E-state index contributed by atoms with van der Waals surface area (Å²) < 4.78 is 6.52. The van der Waals surface area contributed by atoms with Gasteiger partial charge in [0.2, 0.25) is 0 Å². The van der Waals surface area contributed by atoms with Crippen molar-refractivity contribution >= 4 is 28.7 Å². The van der Waals surface area contributed by atoms with Crippen molar-refractivity contribution in [2.24, 2.45) is 5.92 Å². The number of aromatic nitrogens is 2. The quantitative estimate of drug-likeness (QED) is 0.772. The standard InChI is InChI=1S/C19H22N4O5/c1-11(2)10-23-17(25)14-7-5-4-6-13(14)15(21-23)18(26)28-12(3)16(24)22-9-8-20-19(22)27/h4-7,11-12H,8-10H2,1-3H3,(H,20,27)/t12-/m1/s1. The maximum atomic E-state index is 12.7. The lowest BCUT2D eigenvalue weighted by Gasteiger charge is -2.18. The minimum absolute atomic E-state index is 0.0404. The number of hydrogen-bond acceptors (Lipinski definition) is 6. The Morgan fingerprint density at radius 1 is 1.18 bits per heavy atom. The molecule has 3 amide bonds. The highest BCUT2D eigenvalue weighted by molar-refractivity contribution is 6.04. The van der Waals surface area contributed by atoms with E-state index in [1.807, 2.05) is 13.8 Å². The molecule has 1 aliphatic rings. The molecule has 1 N–H and O–H groups in total. The molecule has 1 aliphatic heterocycles. The fourth-order valence-electron chi connectivity index (χ4n) is 3.02. The molecule has 148 valence electrons. The number of carbonyl (C=O) groups excluding carboxylic acids is 3. The molecule has 9 heteroatoms. The molecule has 1 fully saturated rings. The zero-order valence-corrected chi connectivity index (χ0v) is 16.0. The van der Waals surface area contributed by atoms with Crippen LogP contribution < -0.4 is 10.9 Å². The molecule has 1 atom stereocenters. The molecular formula is C19H22N4O5. The highest BCUT2D eigenvalue weighted by Crippen LogP contribution is 2.16. The van der Waals surface area contributed by atoms with Crippen LogP contribution in [0.25, 0.3) is 10.8 Å². The number of urea groups is 1. The van der Waals surface area contributed by atoms with Crippen molar-refractivity contribution in [1.29, 1.82) is 0 Å². The SMILES string of the molecule is CC(C)Cn1nc(C(=O)O[C@H](C)C(=O)N2CCNC2=O)c2ccccc2c1=O. The third-order valence-corrected chi connectivity index (χ3v) is 4.35. The Balaban J connectivity index is 1.92. The first-order chi connectivity index (χ1) is 13.3. The van der Waals surface area contributed by atoms with Gasteiger partial charge in [0.05, 0.1) is 5.39 Å². The van der Waals surface area contributed by atoms with Gasteiger partial charge >= 0.3 is 12.0 Å². The van der Waals surface area contributed by atoms with Gasteiger partial charge in [-0.15, -0.1) is 0 Å². The smallest absolute Gasteiger partial charge is 0.360 e. The molecule has 0 aliphatic carbocycles. The molecular weight excluding hydrogens is 364 g/mol. The van der Waals surface area contributed by atoms with Crippen molar-refractivity contribution in [2.75, 3.05) is 13.1 Å². The zero-order valence-electron chi connectivity index (χ0n) is 16.0. The van der Waals surface area contributed by atoms with Crippen molar-refractivity contribution in [1.82, 2.24) is 20.0 Å². The normalized spacial score (nSPS) is 15.0. The van der Waals surface area contributed by atoms with Gasteiger partial charge in [-0.2, -0.15) is 5.10 Å². The first-order valence-corrected chi connectivity index (χ1v) is 9.09. The van der Waals surface area contributed by atoms with Gasteiger partial charge in [-0.1, -0.05) is 32.0 Å². The first-order valence-electron chi connectivity index (χ1n) is 9.09. The van der Waals surface area contributed by atoms with Crippen LogP contribution in [0.1, 0.15) is 31.3 Å². The van der Waals surface area contributed by atoms with Crippen LogP contribution in [-0.4, -0.2) is 51.8 Å². The van der Waals surface area contributed by atoms with Gasteiger partial charge in [-0.25, -0.2) is 14.3 Å². The third kappa shape index (κ3) is 3.73. The number of nitrogens with one attached hydrogen (secondary N) is 1. The van der Waals surface area contributed by atoms with Gasteiger partial charge in [-0.05, 0) is 18.9 Å². The van der Waals surface area contributed by atoms with Crippen LogP contribution in [0.4, 0.5) is 4.79 Å². The van der Waals surface area contributed by atoms with Gasteiger partial charge in [0.15, 0.2) is 11.8 Å². The summed E-state index contributed by atoms with van der Waals surface area (Å²) >= 11 is 0. The van der Waals surface area contributed by atoms with E-state index in [-0.39, 0.29) is 23.7 Å². The number of imide groups is 1. The maximum absolute atomic E-state index is 12.7. The molecule has 2 aromatic rings. The third-order valence-electron chi connectivity index (χ3n) is 4.35. The number of benzene rings is 1. The van der Waals surface area contributed by atoms with Gasteiger partial charge in [0.1, 0.15) is 0 Å². The van der Waals surface area contributed by atoms with Gasteiger partial charge in [0.25, 0.3) is 11.5 Å². The summed E-state index contributed by atoms with van der Waals surface area (Å²) in [6, 6.07) is 6.12. The van der Waals surface area contributed by atoms with Crippen molar-refractivity contribution in [3.63, 3.8) is 0 Å². The minimum atomic E-state index is -1.16. The van der Waals surface area contributed by atoms with Gasteiger partial charge in [0, 0.05) is 25.0 Å². The Kier molecular flexibility index (Phi) is 5.43. The van der Waals surface area contributed by atoms with E-state index in [1.165, 1.54) is 11.6 Å². The Morgan fingerprint density at radius 3 is 2.46 bits per heavy atom. The second-order valence-electron chi connectivity index (χ2n) is 7.04. The number of fused-ring (bicyclic) bond motifs is 1. The van der Waals surface area contributed by atoms with E-state index < -0.39 is 24.0 Å². The van der Waals surface area contributed by atoms with Crippen LogP contribution in [0.5, 0.6) is 0 Å². The summed E-state index contributed by atoms with van der Waals surface area (Å²) in [5.41, 5.74) is -0.333. The van der Waals surface area contributed by atoms with Crippen LogP contribution in [0, 0.1) is 5.92 Å². The average Bonchev–Trinajstić information content (AvgIpc) is 3.08. The highest BCUT2D eigenvalue weighted by atomic mass is 16.5. The Labute approximate surface area is 161 Å². The number of carbonyl (C=O) groups is 3. The summed E-state index contributed by atoms with van der Waals surface area (Å²) in [5, 5.41) is 7.42. The number of ether oxygens (including phenoxy) is 1. The van der Waals surface area contributed by atoms with E-state index >= 15 is 0 Å². The Bertz CT molecular complexity index is 997. The molecule has 28 heavy (non-hydrogen) atoms. The minimum Gasteiger partial charge on any atom is -0.448 e. The topological polar surface area (TPSA) is 111 Å². The zero-order chi connectivity index (χ0) is 20.4. The largest absolute Gasteiger partial charge is 0.448 e. The molecule has 1 saturated heterocycles. The predicted octanol–water partition coefficient (Wildman–Crippen LogP) is 1.15. The van der Waals surface area contributed by atoms with Crippen LogP contribution >= 0.6 is 0 Å². The number of hydrogen-bond donors (Lipinski definition) is 1. The molecule has 1 aromatic carbocycles. The summed E-state index contributed by atoms with van der Waals surface area (Å²) in [4.78, 5) is 50.4. The van der Waals surface area contributed by atoms with Crippen molar-refractivity contribution < 1.29 is 19.1 Å². The lowest BCUT2D eigenvalue weighted by atomic mass is 10.1. The molecule has 0 radical (unpaired) electrons. The number of rotatable bonds is 5. The highest BCUT2D eigenvalue weighted by Gasteiger charge is 2.32.